The molecule has 0 fully saturated rings. The molecule has 1 aromatic carbocycles. The van der Waals surface area contributed by atoms with Gasteiger partial charge in [0.05, 0.1) is 0 Å². The van der Waals surface area contributed by atoms with Crippen molar-refractivity contribution in [2.75, 3.05) is 23.9 Å². The zero-order valence-corrected chi connectivity index (χ0v) is 11.8. The van der Waals surface area contributed by atoms with Crippen LogP contribution in [0.4, 0.5) is 5.69 Å². The van der Waals surface area contributed by atoms with Crippen molar-refractivity contribution in [3.63, 3.8) is 0 Å². The molecule has 0 aromatic heterocycles. The predicted molar refractivity (Wildman–Crippen MR) is 78.0 cm³/mol. The molecule has 2 rings (SSSR count). The summed E-state index contributed by atoms with van der Waals surface area (Å²) in [5.74, 6) is 1.01. The zero-order valence-electron chi connectivity index (χ0n) is 11.0. The fourth-order valence-electron chi connectivity index (χ4n) is 2.15. The van der Waals surface area contributed by atoms with Crippen LogP contribution in [-0.4, -0.2) is 24.5 Å². The van der Waals surface area contributed by atoms with E-state index in [2.05, 4.69) is 22.8 Å². The van der Waals surface area contributed by atoms with Gasteiger partial charge in [-0.15, -0.1) is 0 Å². The fraction of sp³-hybridized carbons (Fsp3) is 0.500. The van der Waals surface area contributed by atoms with Crippen LogP contribution in [0.25, 0.3) is 0 Å². The van der Waals surface area contributed by atoms with Crippen molar-refractivity contribution < 1.29 is 4.79 Å². The van der Waals surface area contributed by atoms with Crippen LogP contribution < -0.4 is 10.6 Å². The number of thioether (sulfide) groups is 1. The molecule has 1 amide bonds. The predicted octanol–water partition coefficient (Wildman–Crippen LogP) is 2.27. The lowest BCUT2D eigenvalue weighted by molar-refractivity contribution is -0.118. The average molecular weight is 264 g/mol. The molecule has 1 aliphatic rings. The van der Waals surface area contributed by atoms with E-state index >= 15 is 0 Å². The van der Waals surface area contributed by atoms with Crippen molar-refractivity contribution in [3.8, 4) is 0 Å². The van der Waals surface area contributed by atoms with Gasteiger partial charge in [-0.3, -0.25) is 4.79 Å². The summed E-state index contributed by atoms with van der Waals surface area (Å²) >= 11 is 1.70. The van der Waals surface area contributed by atoms with E-state index in [0.717, 1.165) is 31.0 Å². The summed E-state index contributed by atoms with van der Waals surface area (Å²) in [6, 6.07) is 6.23. The highest BCUT2D eigenvalue weighted by Gasteiger charge is 2.14. The van der Waals surface area contributed by atoms with Crippen LogP contribution in [0.5, 0.6) is 0 Å². The first-order chi connectivity index (χ1) is 8.70. The maximum Gasteiger partial charge on any atom is 0.228 e. The molecule has 18 heavy (non-hydrogen) atoms. The highest BCUT2D eigenvalue weighted by atomic mass is 32.2. The Bertz CT molecular complexity index is 434. The van der Waals surface area contributed by atoms with Gasteiger partial charge in [0.1, 0.15) is 0 Å². The summed E-state index contributed by atoms with van der Waals surface area (Å²) in [6.45, 7) is 3.91. The molecular formula is C14H20N2OS. The molecule has 0 saturated carbocycles. The molecule has 0 saturated heterocycles. The SMILES string of the molecule is CSCC(C)C(=O)Nc1ccc2c(c1)CNCC2. The standard InChI is InChI=1S/C14H20N2OS/c1-10(9-18-2)14(17)16-13-4-3-11-5-6-15-8-12(11)7-13/h3-4,7,10,15H,5-6,8-9H2,1-2H3,(H,16,17). The molecule has 1 aromatic rings. The summed E-state index contributed by atoms with van der Waals surface area (Å²) in [7, 11) is 0. The molecule has 2 N–H and O–H groups in total. The van der Waals surface area contributed by atoms with Crippen LogP contribution in [-0.2, 0) is 17.8 Å². The highest BCUT2D eigenvalue weighted by Crippen LogP contribution is 2.19. The molecular weight excluding hydrogens is 244 g/mol. The van der Waals surface area contributed by atoms with Crippen molar-refractivity contribution in [2.24, 2.45) is 5.92 Å². The Balaban J connectivity index is 2.03. The number of fused-ring (bicyclic) bond motifs is 1. The normalized spacial score (nSPS) is 15.9. The maximum absolute atomic E-state index is 11.9. The quantitative estimate of drug-likeness (QED) is 0.876. The number of amides is 1. The molecule has 98 valence electrons. The van der Waals surface area contributed by atoms with Crippen molar-refractivity contribution in [1.29, 1.82) is 0 Å². The van der Waals surface area contributed by atoms with Gasteiger partial charge in [0, 0.05) is 23.9 Å². The lowest BCUT2D eigenvalue weighted by Crippen LogP contribution is -2.25. The monoisotopic (exact) mass is 264 g/mol. The minimum absolute atomic E-state index is 0.0501. The second-order valence-electron chi connectivity index (χ2n) is 4.76. The Kier molecular flexibility index (Phi) is 4.66. The first kappa shape index (κ1) is 13.4. The second-order valence-corrected chi connectivity index (χ2v) is 5.67. The van der Waals surface area contributed by atoms with E-state index in [1.807, 2.05) is 19.2 Å². The Morgan fingerprint density at radius 2 is 2.33 bits per heavy atom. The van der Waals surface area contributed by atoms with E-state index in [-0.39, 0.29) is 11.8 Å². The zero-order chi connectivity index (χ0) is 13.0. The first-order valence-corrected chi connectivity index (χ1v) is 7.72. The summed E-state index contributed by atoms with van der Waals surface area (Å²) < 4.78 is 0. The van der Waals surface area contributed by atoms with E-state index in [1.54, 1.807) is 11.8 Å². The molecule has 3 nitrogen and oxygen atoms in total. The van der Waals surface area contributed by atoms with E-state index in [1.165, 1.54) is 11.1 Å². The van der Waals surface area contributed by atoms with Crippen LogP contribution in [0.3, 0.4) is 0 Å². The van der Waals surface area contributed by atoms with Gasteiger partial charge in [-0.25, -0.2) is 0 Å². The number of hydrogen-bond acceptors (Lipinski definition) is 3. The molecule has 1 heterocycles. The minimum Gasteiger partial charge on any atom is -0.326 e. The van der Waals surface area contributed by atoms with Gasteiger partial charge >= 0.3 is 0 Å². The van der Waals surface area contributed by atoms with Gasteiger partial charge in [-0.1, -0.05) is 13.0 Å². The van der Waals surface area contributed by atoms with Gasteiger partial charge in [-0.05, 0) is 42.5 Å². The summed E-state index contributed by atoms with van der Waals surface area (Å²) in [5, 5.41) is 6.35. The maximum atomic E-state index is 11.9. The number of carbonyl (C=O) groups excluding carboxylic acids is 1. The smallest absolute Gasteiger partial charge is 0.228 e. The molecule has 1 atom stereocenters. The van der Waals surface area contributed by atoms with Crippen molar-refractivity contribution >= 4 is 23.4 Å². The van der Waals surface area contributed by atoms with Crippen LogP contribution in [0.15, 0.2) is 18.2 Å². The Hall–Kier alpha value is -1.00. The van der Waals surface area contributed by atoms with Crippen LogP contribution in [0.1, 0.15) is 18.1 Å². The van der Waals surface area contributed by atoms with Crippen LogP contribution in [0.2, 0.25) is 0 Å². The average Bonchev–Trinajstić information content (AvgIpc) is 2.39. The number of carbonyl (C=O) groups is 1. The third-order valence-corrected chi connectivity index (χ3v) is 4.06. The number of rotatable bonds is 4. The Morgan fingerprint density at radius 3 is 3.11 bits per heavy atom. The molecule has 0 bridgehead atoms. The van der Waals surface area contributed by atoms with Gasteiger partial charge in [-0.2, -0.15) is 11.8 Å². The number of hydrogen-bond donors (Lipinski definition) is 2. The molecule has 0 radical (unpaired) electrons. The van der Waals surface area contributed by atoms with Crippen molar-refractivity contribution in [1.82, 2.24) is 5.32 Å². The number of benzene rings is 1. The van der Waals surface area contributed by atoms with E-state index in [0.29, 0.717) is 0 Å². The van der Waals surface area contributed by atoms with Crippen LogP contribution in [0, 0.1) is 5.92 Å². The molecule has 4 heteroatoms. The summed E-state index contributed by atoms with van der Waals surface area (Å²) in [5.41, 5.74) is 3.61. The van der Waals surface area contributed by atoms with Gasteiger partial charge in [0.25, 0.3) is 0 Å². The number of nitrogens with one attached hydrogen (secondary N) is 2. The van der Waals surface area contributed by atoms with E-state index < -0.39 is 0 Å². The third kappa shape index (κ3) is 3.27. The molecule has 0 spiro atoms. The molecule has 1 aliphatic heterocycles. The topological polar surface area (TPSA) is 41.1 Å². The summed E-state index contributed by atoms with van der Waals surface area (Å²) in [6.07, 6.45) is 3.10. The minimum atomic E-state index is 0.0501. The summed E-state index contributed by atoms with van der Waals surface area (Å²) in [4.78, 5) is 11.9. The highest BCUT2D eigenvalue weighted by molar-refractivity contribution is 7.98. The Morgan fingerprint density at radius 1 is 1.50 bits per heavy atom. The van der Waals surface area contributed by atoms with Crippen molar-refractivity contribution in [3.05, 3.63) is 29.3 Å². The van der Waals surface area contributed by atoms with E-state index in [4.69, 9.17) is 0 Å². The van der Waals surface area contributed by atoms with E-state index in [9.17, 15) is 4.79 Å². The lowest BCUT2D eigenvalue weighted by Gasteiger charge is -2.18. The van der Waals surface area contributed by atoms with Gasteiger partial charge < -0.3 is 10.6 Å². The number of anilines is 1. The molecule has 1 unspecified atom stereocenters. The second kappa shape index (κ2) is 6.25. The largest absolute Gasteiger partial charge is 0.326 e. The Labute approximate surface area is 113 Å². The molecule has 0 aliphatic carbocycles. The third-order valence-electron chi connectivity index (χ3n) is 3.22. The van der Waals surface area contributed by atoms with Gasteiger partial charge in [0.2, 0.25) is 5.91 Å². The van der Waals surface area contributed by atoms with Crippen molar-refractivity contribution in [2.45, 2.75) is 19.9 Å². The fourth-order valence-corrected chi connectivity index (χ4v) is 2.80. The lowest BCUT2D eigenvalue weighted by atomic mass is 10.0. The first-order valence-electron chi connectivity index (χ1n) is 6.33. The van der Waals surface area contributed by atoms with Crippen LogP contribution >= 0.6 is 11.8 Å². The van der Waals surface area contributed by atoms with Gasteiger partial charge in [0.15, 0.2) is 0 Å².